The molecule has 12 heteroatoms. The molecule has 1 heterocycles. The van der Waals surface area contributed by atoms with Crippen molar-refractivity contribution >= 4 is 20.4 Å². The molecule has 0 unspecified atom stereocenters. The minimum Gasteiger partial charge on any atom is -0.317 e. The highest BCUT2D eigenvalue weighted by Crippen LogP contribution is 2.22. The summed E-state index contributed by atoms with van der Waals surface area (Å²) in [4.78, 5) is 0. The summed E-state index contributed by atoms with van der Waals surface area (Å²) in [5, 5.41) is 3.28. The molecule has 0 atom stereocenters. The average molecular weight is 316 g/mol. The normalized spacial score (nSPS) is 17.8. The lowest BCUT2D eigenvalue weighted by molar-refractivity contribution is -0.0441. The predicted octanol–water partition coefficient (Wildman–Crippen LogP) is 0.400. The highest BCUT2D eigenvalue weighted by molar-refractivity contribution is 8.03. The summed E-state index contributed by atoms with van der Waals surface area (Å²) in [6.45, 7) is 2.50. The molecule has 0 amide bonds. The van der Waals surface area contributed by atoms with Gasteiger partial charge in [0.1, 0.15) is 0 Å². The van der Waals surface area contributed by atoms with E-state index in [1.807, 2.05) is 0 Å². The second-order valence-corrected chi connectivity index (χ2v) is 6.29. The molecule has 1 aliphatic rings. The van der Waals surface area contributed by atoms with E-state index in [1.165, 1.54) is 32.4 Å². The Morgan fingerprint density at radius 1 is 0.944 bits per heavy atom. The minimum atomic E-state index is -6.17. The molecule has 6 nitrogen and oxygen atoms in total. The molecule has 110 valence electrons. The van der Waals surface area contributed by atoms with Crippen LogP contribution in [0.15, 0.2) is 0 Å². The SMILES string of the molecule is C1CCNCC1.O=S(=O)(F)NS(=O)(=O)C(F)(F)F. The van der Waals surface area contributed by atoms with E-state index in [2.05, 4.69) is 5.32 Å². The maximum Gasteiger partial charge on any atom is 0.512 e. The fourth-order valence-corrected chi connectivity index (χ4v) is 2.41. The zero-order chi connectivity index (χ0) is 14.4. The van der Waals surface area contributed by atoms with Crippen molar-refractivity contribution in [3.63, 3.8) is 0 Å². The van der Waals surface area contributed by atoms with Crippen molar-refractivity contribution in [1.82, 2.24) is 9.44 Å². The van der Waals surface area contributed by atoms with Crippen LogP contribution in [0.1, 0.15) is 19.3 Å². The zero-order valence-electron chi connectivity index (χ0n) is 9.00. The van der Waals surface area contributed by atoms with Crippen LogP contribution < -0.4 is 9.44 Å². The predicted molar refractivity (Wildman–Crippen MR) is 54.9 cm³/mol. The maximum absolute atomic E-state index is 11.4. The van der Waals surface area contributed by atoms with Gasteiger partial charge >= 0.3 is 25.9 Å². The number of nitrogens with one attached hydrogen (secondary N) is 2. The number of sulfonamides is 1. The standard InChI is InChI=1S/C5H11N.CHF4NO4S2/c1-2-4-6-5-3-1;2-1(3,4)11(7,8)6-12(5,9)10/h6H,1-5H2;6H. The molecule has 1 aliphatic heterocycles. The third-order valence-corrected chi connectivity index (χ3v) is 4.00. The van der Waals surface area contributed by atoms with Crippen LogP contribution in [0.3, 0.4) is 0 Å². The summed E-state index contributed by atoms with van der Waals surface area (Å²) >= 11 is 0. The molecule has 2 N–H and O–H groups in total. The van der Waals surface area contributed by atoms with Crippen molar-refractivity contribution < 1.29 is 33.9 Å². The van der Waals surface area contributed by atoms with Gasteiger partial charge in [0.05, 0.1) is 0 Å². The first kappa shape index (κ1) is 17.5. The molecule has 1 fully saturated rings. The van der Waals surface area contributed by atoms with Crippen molar-refractivity contribution in [2.75, 3.05) is 13.1 Å². The van der Waals surface area contributed by atoms with Gasteiger partial charge in [0, 0.05) is 0 Å². The Hall–Kier alpha value is -0.460. The second-order valence-electron chi connectivity index (χ2n) is 3.28. The molecule has 0 bridgehead atoms. The van der Waals surface area contributed by atoms with Crippen molar-refractivity contribution in [3.05, 3.63) is 0 Å². The lowest BCUT2D eigenvalue weighted by atomic mass is 10.2. The maximum atomic E-state index is 11.4. The molecule has 0 radical (unpaired) electrons. The molecule has 1 saturated heterocycles. The monoisotopic (exact) mass is 316 g/mol. The van der Waals surface area contributed by atoms with Crippen LogP contribution in [-0.4, -0.2) is 35.4 Å². The topological polar surface area (TPSA) is 92.3 Å². The van der Waals surface area contributed by atoms with Crippen molar-refractivity contribution in [2.24, 2.45) is 0 Å². The summed E-state index contributed by atoms with van der Waals surface area (Å²) in [6.07, 6.45) is 4.22. The third-order valence-electron chi connectivity index (χ3n) is 1.72. The molecule has 0 aliphatic carbocycles. The molecule has 0 spiro atoms. The van der Waals surface area contributed by atoms with Crippen LogP contribution in [0.4, 0.5) is 17.1 Å². The van der Waals surface area contributed by atoms with Gasteiger partial charge in [-0.25, -0.2) is 8.42 Å². The molecule has 0 aromatic carbocycles. The van der Waals surface area contributed by atoms with Crippen LogP contribution in [0.2, 0.25) is 0 Å². The fraction of sp³-hybridized carbons (Fsp3) is 1.00. The smallest absolute Gasteiger partial charge is 0.317 e. The highest BCUT2D eigenvalue weighted by Gasteiger charge is 2.48. The lowest BCUT2D eigenvalue weighted by Gasteiger charge is -2.08. The minimum absolute atomic E-state index is 0.212. The van der Waals surface area contributed by atoms with Gasteiger partial charge in [-0.2, -0.15) is 21.6 Å². The molecule has 0 aromatic heterocycles. The quantitative estimate of drug-likeness (QED) is 0.568. The fourth-order valence-electron chi connectivity index (χ4n) is 0.980. The van der Waals surface area contributed by atoms with Crippen LogP contribution in [0, 0.1) is 0 Å². The summed E-state index contributed by atoms with van der Waals surface area (Å²) in [7, 11) is -12.1. The number of hydrogen-bond donors (Lipinski definition) is 2. The van der Waals surface area contributed by atoms with E-state index in [9.17, 15) is 33.9 Å². The molecule has 1 rings (SSSR count). The van der Waals surface area contributed by atoms with Gasteiger partial charge < -0.3 is 5.32 Å². The van der Waals surface area contributed by atoms with Gasteiger partial charge in [-0.05, 0) is 25.9 Å². The van der Waals surface area contributed by atoms with E-state index in [0.29, 0.717) is 0 Å². The summed E-state index contributed by atoms with van der Waals surface area (Å²) < 4.78 is 83.5. The van der Waals surface area contributed by atoms with Crippen LogP contribution in [0.25, 0.3) is 0 Å². The van der Waals surface area contributed by atoms with Crippen LogP contribution in [0.5, 0.6) is 0 Å². The largest absolute Gasteiger partial charge is 0.512 e. The summed E-state index contributed by atoms with van der Waals surface area (Å²) in [5.74, 6) is 0. The first-order chi connectivity index (χ1) is 7.96. The van der Waals surface area contributed by atoms with E-state index in [0.717, 1.165) is 0 Å². The van der Waals surface area contributed by atoms with Gasteiger partial charge in [0.25, 0.3) is 0 Å². The van der Waals surface area contributed by atoms with E-state index in [4.69, 9.17) is 0 Å². The Morgan fingerprint density at radius 2 is 1.39 bits per heavy atom. The number of hydrogen-bond acceptors (Lipinski definition) is 5. The molecular weight excluding hydrogens is 304 g/mol. The van der Waals surface area contributed by atoms with Gasteiger partial charge in [0.2, 0.25) is 0 Å². The molecule has 18 heavy (non-hydrogen) atoms. The average Bonchev–Trinajstić information content (AvgIpc) is 2.15. The Bertz CT molecular complexity index is 429. The summed E-state index contributed by atoms with van der Waals surface area (Å²) in [6, 6.07) is 0. The lowest BCUT2D eigenvalue weighted by Crippen LogP contribution is -2.38. The number of halogens is 4. The number of rotatable bonds is 2. The Morgan fingerprint density at radius 3 is 1.50 bits per heavy atom. The molecule has 0 saturated carbocycles. The van der Waals surface area contributed by atoms with Gasteiger partial charge in [0.15, 0.2) is 0 Å². The molecular formula is C6H12F4N2O4S2. The number of piperidine rings is 1. The van der Waals surface area contributed by atoms with Crippen molar-refractivity contribution in [3.8, 4) is 0 Å². The first-order valence-corrected chi connectivity index (χ1v) is 7.57. The van der Waals surface area contributed by atoms with E-state index >= 15 is 0 Å². The number of alkyl halides is 3. The first-order valence-electron chi connectivity index (χ1n) is 4.71. The van der Waals surface area contributed by atoms with E-state index in [1.54, 1.807) is 0 Å². The molecule has 0 aromatic rings. The highest BCUT2D eigenvalue weighted by atomic mass is 32.3. The zero-order valence-corrected chi connectivity index (χ0v) is 10.6. The van der Waals surface area contributed by atoms with Gasteiger partial charge in [-0.3, -0.25) is 0 Å². The van der Waals surface area contributed by atoms with Crippen molar-refractivity contribution in [1.29, 1.82) is 0 Å². The Labute approximate surface area is 102 Å². The van der Waals surface area contributed by atoms with E-state index in [-0.39, 0.29) is 4.13 Å². The van der Waals surface area contributed by atoms with Gasteiger partial charge in [-0.1, -0.05) is 14.4 Å². The third kappa shape index (κ3) is 7.79. The Kier molecular flexibility index (Phi) is 6.46. The van der Waals surface area contributed by atoms with E-state index < -0.39 is 25.9 Å². The second kappa shape index (κ2) is 6.63. The van der Waals surface area contributed by atoms with Crippen molar-refractivity contribution in [2.45, 2.75) is 24.8 Å². The van der Waals surface area contributed by atoms with Crippen LogP contribution >= 0.6 is 0 Å². The Balaban J connectivity index is 0.000000397. The van der Waals surface area contributed by atoms with Crippen LogP contribution in [-0.2, 0) is 20.4 Å². The summed E-state index contributed by atoms with van der Waals surface area (Å²) in [5.41, 5.74) is -5.86. The van der Waals surface area contributed by atoms with Gasteiger partial charge in [-0.15, -0.1) is 0 Å².